The molecule has 1 nitrogen and oxygen atoms in total. The molecule has 0 heterocycles. The molecule has 3 aromatic rings. The molecule has 33 heavy (non-hydrogen) atoms. The van der Waals surface area contributed by atoms with Crippen molar-refractivity contribution in [3.63, 3.8) is 0 Å². The molecular formula is C32H35N. The van der Waals surface area contributed by atoms with Crippen molar-refractivity contribution in [2.75, 3.05) is 14.1 Å². The normalized spacial score (nSPS) is 15.5. The Balaban J connectivity index is 1.54. The lowest BCUT2D eigenvalue weighted by Gasteiger charge is -2.24. The van der Waals surface area contributed by atoms with Gasteiger partial charge in [0.1, 0.15) is 0 Å². The zero-order valence-corrected chi connectivity index (χ0v) is 20.1. The molecule has 0 spiro atoms. The van der Waals surface area contributed by atoms with E-state index in [1.54, 1.807) is 0 Å². The quantitative estimate of drug-likeness (QED) is 0.380. The smallest absolute Gasteiger partial charge is 0.0361 e. The molecule has 0 saturated heterocycles. The minimum absolute atomic E-state index is 0.699. The summed E-state index contributed by atoms with van der Waals surface area (Å²) in [5.74, 6) is 0.699. The minimum atomic E-state index is 0.699. The van der Waals surface area contributed by atoms with Gasteiger partial charge < -0.3 is 4.90 Å². The second kappa shape index (κ2) is 9.43. The summed E-state index contributed by atoms with van der Waals surface area (Å²) in [6.07, 6.45) is 13.4. The van der Waals surface area contributed by atoms with E-state index < -0.39 is 0 Å². The van der Waals surface area contributed by atoms with Crippen molar-refractivity contribution in [1.29, 1.82) is 0 Å². The Hall–Kier alpha value is -3.06. The first-order chi connectivity index (χ1) is 16.1. The fourth-order valence-electron chi connectivity index (χ4n) is 5.55. The first kappa shape index (κ1) is 21.8. The molecule has 0 atom stereocenters. The molecule has 1 fully saturated rings. The molecule has 0 amide bonds. The Morgan fingerprint density at radius 3 is 2.55 bits per heavy atom. The van der Waals surface area contributed by atoms with Crippen LogP contribution in [0.3, 0.4) is 0 Å². The third-order valence-corrected chi connectivity index (χ3v) is 7.43. The van der Waals surface area contributed by atoms with Gasteiger partial charge >= 0.3 is 0 Å². The average Bonchev–Trinajstić information content (AvgIpc) is 3.33. The number of benzene rings is 3. The van der Waals surface area contributed by atoms with Crippen LogP contribution in [0.15, 0.2) is 73.3 Å². The van der Waals surface area contributed by atoms with Gasteiger partial charge in [-0.05, 0) is 82.2 Å². The molecular weight excluding hydrogens is 398 g/mol. The van der Waals surface area contributed by atoms with Gasteiger partial charge in [0.15, 0.2) is 0 Å². The predicted octanol–water partition coefficient (Wildman–Crippen LogP) is 8.09. The summed E-state index contributed by atoms with van der Waals surface area (Å²) in [5.41, 5.74) is 12.2. The minimum Gasteiger partial charge on any atom is -0.378 e. The molecule has 2 aliphatic carbocycles. The van der Waals surface area contributed by atoms with Crippen LogP contribution in [-0.4, -0.2) is 19.0 Å². The number of fused-ring (bicyclic) bond motifs is 1. The maximum absolute atomic E-state index is 4.25. The number of nitrogens with zero attached hydrogens (tertiary/aromatic N) is 1. The molecule has 0 aromatic heterocycles. The highest BCUT2D eigenvalue weighted by molar-refractivity contribution is 5.80. The zero-order chi connectivity index (χ0) is 22.8. The lowest BCUT2D eigenvalue weighted by atomic mass is 9.81. The summed E-state index contributed by atoms with van der Waals surface area (Å²) in [4.78, 5) is 2.09. The third-order valence-electron chi connectivity index (χ3n) is 7.43. The molecule has 2 aliphatic rings. The largest absolute Gasteiger partial charge is 0.378 e. The predicted molar refractivity (Wildman–Crippen MR) is 142 cm³/mol. The van der Waals surface area contributed by atoms with E-state index in [-0.39, 0.29) is 0 Å². The van der Waals surface area contributed by atoms with Crippen LogP contribution in [0, 0.1) is 0 Å². The molecule has 1 saturated carbocycles. The van der Waals surface area contributed by atoms with E-state index in [2.05, 4.69) is 98.4 Å². The summed E-state index contributed by atoms with van der Waals surface area (Å²) in [7, 11) is 4.11. The Bertz CT molecular complexity index is 1190. The maximum Gasteiger partial charge on any atom is 0.0361 e. The third kappa shape index (κ3) is 4.69. The van der Waals surface area contributed by atoms with Crippen molar-refractivity contribution in [2.45, 2.75) is 50.9 Å². The molecule has 3 aromatic carbocycles. The fraction of sp³-hybridized carbons (Fsp3) is 0.312. The summed E-state index contributed by atoms with van der Waals surface area (Å²) in [5, 5.41) is 0. The molecule has 168 valence electrons. The van der Waals surface area contributed by atoms with E-state index in [4.69, 9.17) is 0 Å². The second-order valence-corrected chi connectivity index (χ2v) is 10.0. The first-order valence-corrected chi connectivity index (χ1v) is 12.5. The van der Waals surface area contributed by atoms with Crippen LogP contribution >= 0.6 is 0 Å². The van der Waals surface area contributed by atoms with Crippen molar-refractivity contribution >= 4 is 11.8 Å². The maximum atomic E-state index is 4.25. The molecule has 5 rings (SSSR count). The molecule has 1 heteroatoms. The van der Waals surface area contributed by atoms with Gasteiger partial charge in [-0.1, -0.05) is 92.6 Å². The molecule has 0 unspecified atom stereocenters. The van der Waals surface area contributed by atoms with Gasteiger partial charge in [-0.15, -0.1) is 0 Å². The lowest BCUT2D eigenvalue weighted by molar-refractivity contribution is 0.443. The van der Waals surface area contributed by atoms with Crippen molar-refractivity contribution in [3.8, 4) is 11.1 Å². The standard InChI is InChI=1S/C32H35N/c1-23(33(2)3)28-15-7-10-24(19-28)18-25-20-29(26-11-5-4-6-12-26)22-30(21-25)32-17-9-14-27-13-8-16-31(27)32/h7-10,14-17,19-22,26H,1,4-6,11-13,18H2,2-3H3. The summed E-state index contributed by atoms with van der Waals surface area (Å²) < 4.78 is 0. The van der Waals surface area contributed by atoms with Crippen LogP contribution in [-0.2, 0) is 12.8 Å². The Kier molecular flexibility index (Phi) is 6.22. The van der Waals surface area contributed by atoms with E-state index in [1.165, 1.54) is 76.6 Å². The Labute approximate surface area is 199 Å². The topological polar surface area (TPSA) is 3.24 Å². The van der Waals surface area contributed by atoms with Crippen LogP contribution in [0.25, 0.3) is 22.9 Å². The second-order valence-electron chi connectivity index (χ2n) is 10.0. The van der Waals surface area contributed by atoms with Gasteiger partial charge in [-0.25, -0.2) is 0 Å². The highest BCUT2D eigenvalue weighted by atomic mass is 15.1. The molecule has 0 bridgehead atoms. The van der Waals surface area contributed by atoms with Crippen molar-refractivity contribution in [3.05, 3.63) is 107 Å². The van der Waals surface area contributed by atoms with Crippen molar-refractivity contribution in [1.82, 2.24) is 4.90 Å². The van der Waals surface area contributed by atoms with Crippen molar-refractivity contribution in [2.24, 2.45) is 0 Å². The highest BCUT2D eigenvalue weighted by Crippen LogP contribution is 2.38. The number of allylic oxidation sites excluding steroid dienone is 1. The molecule has 0 radical (unpaired) electrons. The fourth-order valence-corrected chi connectivity index (χ4v) is 5.55. The monoisotopic (exact) mass is 433 g/mol. The van der Waals surface area contributed by atoms with E-state index in [9.17, 15) is 0 Å². The summed E-state index contributed by atoms with van der Waals surface area (Å²) >= 11 is 0. The van der Waals surface area contributed by atoms with E-state index >= 15 is 0 Å². The Morgan fingerprint density at radius 2 is 1.73 bits per heavy atom. The van der Waals surface area contributed by atoms with Crippen molar-refractivity contribution < 1.29 is 0 Å². The number of hydrogen-bond acceptors (Lipinski definition) is 1. The number of hydrogen-bond donors (Lipinski definition) is 0. The van der Waals surface area contributed by atoms with E-state index in [1.807, 2.05) is 0 Å². The van der Waals surface area contributed by atoms with Crippen LogP contribution < -0.4 is 0 Å². The molecule has 0 aliphatic heterocycles. The van der Waals surface area contributed by atoms with E-state index in [0.717, 1.165) is 18.5 Å². The average molecular weight is 434 g/mol. The van der Waals surface area contributed by atoms with Crippen LogP contribution in [0.4, 0.5) is 0 Å². The lowest BCUT2D eigenvalue weighted by Crippen LogP contribution is -2.09. The SMILES string of the molecule is C=C(c1cccc(Cc2cc(-c3cccc4c3C=CC4)cc(C3CCCCC3)c2)c1)N(C)C. The van der Waals surface area contributed by atoms with Crippen LogP contribution in [0.5, 0.6) is 0 Å². The highest BCUT2D eigenvalue weighted by Gasteiger charge is 2.19. The Morgan fingerprint density at radius 1 is 0.909 bits per heavy atom. The zero-order valence-electron chi connectivity index (χ0n) is 20.1. The van der Waals surface area contributed by atoms with Gasteiger partial charge in [-0.2, -0.15) is 0 Å². The summed E-state index contributed by atoms with van der Waals surface area (Å²) in [6, 6.07) is 23.1. The van der Waals surface area contributed by atoms with Crippen LogP contribution in [0.1, 0.15) is 71.4 Å². The van der Waals surface area contributed by atoms with E-state index in [0.29, 0.717) is 5.92 Å². The number of rotatable bonds is 6. The van der Waals surface area contributed by atoms with Gasteiger partial charge in [-0.3, -0.25) is 0 Å². The van der Waals surface area contributed by atoms with Gasteiger partial charge in [0, 0.05) is 19.8 Å². The van der Waals surface area contributed by atoms with Gasteiger partial charge in [0.2, 0.25) is 0 Å². The van der Waals surface area contributed by atoms with Gasteiger partial charge in [0.05, 0.1) is 0 Å². The molecule has 0 N–H and O–H groups in total. The first-order valence-electron chi connectivity index (χ1n) is 12.5. The van der Waals surface area contributed by atoms with Crippen LogP contribution in [0.2, 0.25) is 0 Å². The summed E-state index contributed by atoms with van der Waals surface area (Å²) in [6.45, 7) is 4.25. The van der Waals surface area contributed by atoms with Gasteiger partial charge in [0.25, 0.3) is 0 Å².